The zero-order valence-corrected chi connectivity index (χ0v) is 21.2. The largest absolute Gasteiger partial charge is 0.494 e. The zero-order chi connectivity index (χ0) is 24.8. The summed E-state index contributed by atoms with van der Waals surface area (Å²) in [5, 5.41) is 3.16. The molecule has 0 unspecified atom stereocenters. The number of halogens is 2. The van der Waals surface area contributed by atoms with Crippen LogP contribution in [0, 0.1) is 0 Å². The van der Waals surface area contributed by atoms with E-state index in [1.807, 2.05) is 6.92 Å². The van der Waals surface area contributed by atoms with E-state index in [4.69, 9.17) is 27.9 Å². The van der Waals surface area contributed by atoms with Crippen molar-refractivity contribution < 1.29 is 22.7 Å². The highest BCUT2D eigenvalue weighted by Crippen LogP contribution is 2.27. The lowest BCUT2D eigenvalue weighted by molar-refractivity contribution is -0.139. The molecular weight excluding hydrogens is 489 g/mol. The highest BCUT2D eigenvalue weighted by molar-refractivity contribution is 7.92. The number of nitrogens with zero attached hydrogens (tertiary/aromatic N) is 2. The first-order valence-corrected chi connectivity index (χ1v) is 12.7. The second-order valence-electron chi connectivity index (χ2n) is 7.21. The lowest BCUT2D eigenvalue weighted by atomic mass is 10.1. The molecule has 0 saturated carbocycles. The molecule has 0 radical (unpaired) electrons. The molecule has 0 aliphatic rings. The normalized spacial score (nSPS) is 12.1. The molecule has 33 heavy (non-hydrogen) atoms. The molecule has 0 bridgehead atoms. The van der Waals surface area contributed by atoms with Crippen LogP contribution in [0.2, 0.25) is 10.0 Å². The quantitative estimate of drug-likeness (QED) is 0.523. The molecule has 2 aromatic rings. The number of likely N-dealkylation sites (N-methyl/N-ethyl adjacent to an activating group) is 1. The first-order valence-electron chi connectivity index (χ1n) is 10.1. The number of hydrogen-bond acceptors (Lipinski definition) is 5. The summed E-state index contributed by atoms with van der Waals surface area (Å²) < 4.78 is 31.4. The molecule has 0 aromatic heterocycles. The summed E-state index contributed by atoms with van der Waals surface area (Å²) in [6.07, 6.45) is 1.01. The summed E-state index contributed by atoms with van der Waals surface area (Å²) in [6, 6.07) is 10.4. The minimum Gasteiger partial charge on any atom is -0.494 e. The predicted molar refractivity (Wildman–Crippen MR) is 130 cm³/mol. The summed E-state index contributed by atoms with van der Waals surface area (Å²) >= 11 is 12.5. The Balaban J connectivity index is 2.41. The van der Waals surface area contributed by atoms with Crippen LogP contribution in [0.5, 0.6) is 5.75 Å². The van der Waals surface area contributed by atoms with Crippen molar-refractivity contribution >= 4 is 50.7 Å². The van der Waals surface area contributed by atoms with E-state index in [0.717, 1.165) is 10.6 Å². The third-order valence-corrected chi connectivity index (χ3v) is 6.77. The number of anilines is 1. The van der Waals surface area contributed by atoms with Crippen LogP contribution in [-0.4, -0.2) is 57.6 Å². The Labute approximate surface area is 204 Å². The molecule has 0 saturated heterocycles. The van der Waals surface area contributed by atoms with E-state index in [-0.39, 0.29) is 12.2 Å². The van der Waals surface area contributed by atoms with Gasteiger partial charge in [0.1, 0.15) is 18.3 Å². The van der Waals surface area contributed by atoms with Gasteiger partial charge in [0, 0.05) is 29.2 Å². The maximum atomic E-state index is 13.4. The fraction of sp³-hybridized carbons (Fsp3) is 0.364. The molecule has 11 heteroatoms. The van der Waals surface area contributed by atoms with Crippen molar-refractivity contribution in [1.82, 2.24) is 10.2 Å². The Morgan fingerprint density at radius 1 is 1.09 bits per heavy atom. The number of carbonyl (C=O) groups is 2. The zero-order valence-electron chi connectivity index (χ0n) is 18.8. The van der Waals surface area contributed by atoms with E-state index in [0.29, 0.717) is 28.0 Å². The maximum absolute atomic E-state index is 13.4. The lowest BCUT2D eigenvalue weighted by Gasteiger charge is -2.31. The van der Waals surface area contributed by atoms with Crippen molar-refractivity contribution in [2.45, 2.75) is 26.4 Å². The molecule has 0 heterocycles. The number of nitrogens with one attached hydrogen (secondary N) is 1. The van der Waals surface area contributed by atoms with E-state index in [1.54, 1.807) is 49.4 Å². The first kappa shape index (κ1) is 26.8. The van der Waals surface area contributed by atoms with E-state index < -0.39 is 34.4 Å². The average Bonchev–Trinajstić information content (AvgIpc) is 2.76. The van der Waals surface area contributed by atoms with Crippen molar-refractivity contribution in [1.29, 1.82) is 0 Å². The molecular formula is C22H27Cl2N3O5S. The van der Waals surface area contributed by atoms with Crippen molar-refractivity contribution in [3.05, 3.63) is 58.1 Å². The summed E-state index contributed by atoms with van der Waals surface area (Å²) in [6.45, 7) is 3.25. The number of amides is 2. The molecule has 1 N–H and O–H groups in total. The van der Waals surface area contributed by atoms with Gasteiger partial charge in [0.15, 0.2) is 0 Å². The second-order valence-corrected chi connectivity index (χ2v) is 9.93. The van der Waals surface area contributed by atoms with E-state index in [9.17, 15) is 18.0 Å². The third kappa shape index (κ3) is 6.99. The monoisotopic (exact) mass is 515 g/mol. The van der Waals surface area contributed by atoms with Gasteiger partial charge in [0.05, 0.1) is 18.6 Å². The molecule has 0 aliphatic carbocycles. The Morgan fingerprint density at radius 3 is 2.15 bits per heavy atom. The Hall–Kier alpha value is -2.49. The highest BCUT2D eigenvalue weighted by atomic mass is 35.5. The van der Waals surface area contributed by atoms with Crippen LogP contribution in [0.25, 0.3) is 0 Å². The smallest absolute Gasteiger partial charge is 0.244 e. The topological polar surface area (TPSA) is 96.0 Å². The maximum Gasteiger partial charge on any atom is 0.244 e. The molecule has 0 spiro atoms. The number of ether oxygens (including phenoxy) is 1. The Morgan fingerprint density at radius 2 is 1.67 bits per heavy atom. The van der Waals surface area contributed by atoms with Gasteiger partial charge in [-0.25, -0.2) is 8.42 Å². The van der Waals surface area contributed by atoms with Gasteiger partial charge in [-0.05, 0) is 50.2 Å². The number of sulfonamides is 1. The summed E-state index contributed by atoms with van der Waals surface area (Å²) in [4.78, 5) is 27.0. The first-order chi connectivity index (χ1) is 15.5. The van der Waals surface area contributed by atoms with Crippen molar-refractivity contribution in [3.8, 4) is 5.75 Å². The summed E-state index contributed by atoms with van der Waals surface area (Å²) in [5.74, 6) is -0.441. The molecule has 180 valence electrons. The molecule has 1 atom stereocenters. The van der Waals surface area contributed by atoms with Gasteiger partial charge in [0.2, 0.25) is 21.8 Å². The van der Waals surface area contributed by atoms with Gasteiger partial charge < -0.3 is 15.0 Å². The molecule has 0 aliphatic heterocycles. The highest BCUT2D eigenvalue weighted by Gasteiger charge is 2.30. The second kappa shape index (κ2) is 11.6. The minimum atomic E-state index is -3.82. The molecule has 0 fully saturated rings. The van der Waals surface area contributed by atoms with Gasteiger partial charge in [-0.1, -0.05) is 29.3 Å². The fourth-order valence-electron chi connectivity index (χ4n) is 3.13. The standard InChI is InChI=1S/C22H27Cl2N3O5S/c1-5-32-17-11-9-16(10-12-17)27(33(4,30)31)14-21(28)26(15(2)22(29)25-3)13-18-19(23)7-6-8-20(18)24/h6-12,15H,5,13-14H2,1-4H3,(H,25,29)/t15-/m0/s1. The SMILES string of the molecule is CCOc1ccc(N(CC(=O)N(Cc2c(Cl)cccc2Cl)[C@@H](C)C(=O)NC)S(C)(=O)=O)cc1. The number of rotatable bonds is 10. The molecule has 2 aromatic carbocycles. The van der Waals surface area contributed by atoms with Gasteiger partial charge in [-0.15, -0.1) is 0 Å². The Kier molecular flexibility index (Phi) is 9.39. The van der Waals surface area contributed by atoms with Gasteiger partial charge in [0.25, 0.3) is 0 Å². The van der Waals surface area contributed by atoms with E-state index >= 15 is 0 Å². The summed E-state index contributed by atoms with van der Waals surface area (Å²) in [5.41, 5.74) is 0.745. The van der Waals surface area contributed by atoms with Crippen LogP contribution in [0.3, 0.4) is 0 Å². The van der Waals surface area contributed by atoms with Crippen LogP contribution in [0.4, 0.5) is 5.69 Å². The number of hydrogen-bond donors (Lipinski definition) is 1. The van der Waals surface area contributed by atoms with Crippen molar-refractivity contribution in [2.24, 2.45) is 0 Å². The molecule has 2 amide bonds. The molecule has 2 rings (SSSR count). The lowest BCUT2D eigenvalue weighted by Crippen LogP contribution is -2.50. The van der Waals surface area contributed by atoms with Gasteiger partial charge in [-0.2, -0.15) is 0 Å². The van der Waals surface area contributed by atoms with Crippen LogP contribution >= 0.6 is 23.2 Å². The van der Waals surface area contributed by atoms with Crippen molar-refractivity contribution in [2.75, 3.05) is 30.8 Å². The molecule has 8 nitrogen and oxygen atoms in total. The number of carbonyl (C=O) groups excluding carboxylic acids is 2. The van der Waals surface area contributed by atoms with Gasteiger partial charge in [-0.3, -0.25) is 13.9 Å². The third-order valence-electron chi connectivity index (χ3n) is 4.92. The van der Waals surface area contributed by atoms with E-state index in [2.05, 4.69) is 5.32 Å². The van der Waals surface area contributed by atoms with Crippen LogP contribution in [0.15, 0.2) is 42.5 Å². The number of benzene rings is 2. The van der Waals surface area contributed by atoms with Gasteiger partial charge >= 0.3 is 0 Å². The van der Waals surface area contributed by atoms with Crippen LogP contribution in [-0.2, 0) is 26.2 Å². The van der Waals surface area contributed by atoms with Crippen LogP contribution < -0.4 is 14.4 Å². The summed E-state index contributed by atoms with van der Waals surface area (Å²) in [7, 11) is -2.37. The average molecular weight is 516 g/mol. The van der Waals surface area contributed by atoms with E-state index in [1.165, 1.54) is 11.9 Å². The van der Waals surface area contributed by atoms with Crippen molar-refractivity contribution in [3.63, 3.8) is 0 Å². The fourth-order valence-corrected chi connectivity index (χ4v) is 4.50. The minimum absolute atomic E-state index is 0.0766. The Bertz CT molecular complexity index is 1070. The van der Waals surface area contributed by atoms with Crippen LogP contribution in [0.1, 0.15) is 19.4 Å². The predicted octanol–water partition coefficient (Wildman–Crippen LogP) is 3.32.